The highest BCUT2D eigenvalue weighted by Crippen LogP contribution is 2.40. The number of amides is 2. The Morgan fingerprint density at radius 1 is 1.18 bits per heavy atom. The van der Waals surface area contributed by atoms with Gasteiger partial charge >= 0.3 is 0 Å². The third kappa shape index (κ3) is 3.19. The number of anilines is 1. The lowest BCUT2D eigenvalue weighted by molar-refractivity contribution is 0.0964. The van der Waals surface area contributed by atoms with Crippen LogP contribution in [0.3, 0.4) is 0 Å². The molecule has 1 aliphatic rings. The zero-order valence-corrected chi connectivity index (χ0v) is 14.9. The molecule has 28 heavy (non-hydrogen) atoms. The first-order chi connectivity index (χ1) is 13.5. The molecule has 0 radical (unpaired) electrons. The molecule has 2 heterocycles. The summed E-state index contributed by atoms with van der Waals surface area (Å²) in [6, 6.07) is 7.86. The Morgan fingerprint density at radius 2 is 1.93 bits per heavy atom. The monoisotopic (exact) mass is 385 g/mol. The minimum atomic E-state index is -2.74. The normalized spacial score (nSPS) is 13.7. The van der Waals surface area contributed by atoms with Crippen LogP contribution in [0.1, 0.15) is 57.3 Å². The number of hydrogen-bond donors (Lipinski definition) is 2. The maximum Gasteiger partial charge on any atom is 0.280 e. The van der Waals surface area contributed by atoms with E-state index in [9.17, 15) is 18.4 Å². The SMILES string of the molecule is CNC(=O)c1ccccc1NC(=O)c1cnn2c(C(F)F)cc(C3CC3)nc12. The van der Waals surface area contributed by atoms with Crippen molar-refractivity contribution in [2.45, 2.75) is 25.2 Å². The molecule has 0 bridgehead atoms. The highest BCUT2D eigenvalue weighted by atomic mass is 19.3. The van der Waals surface area contributed by atoms with Crippen LogP contribution in [0, 0.1) is 0 Å². The molecule has 9 heteroatoms. The molecule has 0 aliphatic heterocycles. The minimum Gasteiger partial charge on any atom is -0.355 e. The van der Waals surface area contributed by atoms with Crippen LogP contribution in [-0.2, 0) is 0 Å². The number of carbonyl (C=O) groups excluding carboxylic acids is 2. The standard InChI is InChI=1S/C19H17F2N5O2/c1-22-18(27)11-4-2-3-5-13(11)25-19(28)12-9-23-26-15(16(20)21)8-14(10-6-7-10)24-17(12)26/h2-5,8-10,16H,6-7H2,1H3,(H,22,27)(H,25,28). The number of fused-ring (bicyclic) bond motifs is 1. The number of nitrogens with zero attached hydrogens (tertiary/aromatic N) is 3. The smallest absolute Gasteiger partial charge is 0.280 e. The number of carbonyl (C=O) groups is 2. The second-order valence-electron chi connectivity index (χ2n) is 6.55. The van der Waals surface area contributed by atoms with E-state index in [0.29, 0.717) is 11.4 Å². The lowest BCUT2D eigenvalue weighted by Gasteiger charge is -2.10. The van der Waals surface area contributed by atoms with Gasteiger partial charge in [0.25, 0.3) is 18.2 Å². The summed E-state index contributed by atoms with van der Waals surface area (Å²) in [6.45, 7) is 0. The molecule has 7 nitrogen and oxygen atoms in total. The predicted octanol–water partition coefficient (Wildman–Crippen LogP) is 3.16. The number of aromatic nitrogens is 3. The summed E-state index contributed by atoms with van der Waals surface area (Å²) < 4.78 is 27.9. The molecular formula is C19H17F2N5O2. The third-order valence-corrected chi connectivity index (χ3v) is 4.63. The van der Waals surface area contributed by atoms with Gasteiger partial charge in [0.2, 0.25) is 0 Å². The quantitative estimate of drug-likeness (QED) is 0.706. The molecule has 1 saturated carbocycles. The molecule has 4 rings (SSSR count). The van der Waals surface area contributed by atoms with Crippen molar-refractivity contribution >= 4 is 23.1 Å². The van der Waals surface area contributed by atoms with Crippen molar-refractivity contribution in [2.75, 3.05) is 12.4 Å². The molecule has 0 unspecified atom stereocenters. The Bertz CT molecular complexity index is 1080. The fourth-order valence-electron chi connectivity index (χ4n) is 3.02. The highest BCUT2D eigenvalue weighted by Gasteiger charge is 2.29. The van der Waals surface area contributed by atoms with Gasteiger partial charge in [0.05, 0.1) is 17.4 Å². The van der Waals surface area contributed by atoms with Gasteiger partial charge in [0.1, 0.15) is 11.3 Å². The molecule has 2 amide bonds. The van der Waals surface area contributed by atoms with Gasteiger partial charge in [0.15, 0.2) is 5.65 Å². The third-order valence-electron chi connectivity index (χ3n) is 4.63. The molecule has 0 atom stereocenters. The van der Waals surface area contributed by atoms with Gasteiger partial charge in [-0.05, 0) is 31.0 Å². The topological polar surface area (TPSA) is 88.4 Å². The minimum absolute atomic E-state index is 0.0658. The van der Waals surface area contributed by atoms with Crippen molar-refractivity contribution in [3.8, 4) is 0 Å². The summed E-state index contributed by atoms with van der Waals surface area (Å²) in [5, 5.41) is 9.09. The van der Waals surface area contributed by atoms with Crippen LogP contribution in [0.25, 0.3) is 5.65 Å². The van der Waals surface area contributed by atoms with Gasteiger partial charge in [-0.2, -0.15) is 5.10 Å². The zero-order valence-electron chi connectivity index (χ0n) is 14.9. The molecule has 1 fully saturated rings. The summed E-state index contributed by atoms with van der Waals surface area (Å²) in [5.74, 6) is -0.792. The Hall–Kier alpha value is -3.36. The molecule has 1 aromatic carbocycles. The summed E-state index contributed by atoms with van der Waals surface area (Å²) in [4.78, 5) is 29.2. The van der Waals surface area contributed by atoms with Gasteiger partial charge in [-0.15, -0.1) is 0 Å². The van der Waals surface area contributed by atoms with Gasteiger partial charge in [-0.25, -0.2) is 18.3 Å². The van der Waals surface area contributed by atoms with Gasteiger partial charge in [0, 0.05) is 18.7 Å². The molecule has 2 aromatic heterocycles. The Balaban J connectivity index is 1.74. The van der Waals surface area contributed by atoms with Crippen LogP contribution < -0.4 is 10.6 Å². The summed E-state index contributed by atoms with van der Waals surface area (Å²) in [7, 11) is 1.49. The first-order valence-corrected chi connectivity index (χ1v) is 8.78. The number of nitrogens with one attached hydrogen (secondary N) is 2. The second-order valence-corrected chi connectivity index (χ2v) is 6.55. The number of halogens is 2. The average Bonchev–Trinajstić information content (AvgIpc) is 3.46. The fourth-order valence-corrected chi connectivity index (χ4v) is 3.02. The van der Waals surface area contributed by atoms with E-state index in [-0.39, 0.29) is 34.3 Å². The number of hydrogen-bond acceptors (Lipinski definition) is 4. The summed E-state index contributed by atoms with van der Waals surface area (Å²) in [6.07, 6.45) is 0.248. The van der Waals surface area contributed by atoms with Crippen molar-refractivity contribution in [3.63, 3.8) is 0 Å². The number of para-hydroxylation sites is 1. The van der Waals surface area contributed by atoms with E-state index in [1.165, 1.54) is 19.3 Å². The number of alkyl halides is 2. The highest BCUT2D eigenvalue weighted by molar-refractivity contribution is 6.11. The molecule has 144 valence electrons. The van der Waals surface area contributed by atoms with Crippen LogP contribution in [0.15, 0.2) is 36.5 Å². The number of rotatable bonds is 5. The van der Waals surface area contributed by atoms with Crippen molar-refractivity contribution < 1.29 is 18.4 Å². The molecule has 3 aromatic rings. The van der Waals surface area contributed by atoms with Crippen molar-refractivity contribution in [3.05, 3.63) is 59.0 Å². The molecule has 2 N–H and O–H groups in total. The predicted molar refractivity (Wildman–Crippen MR) is 97.7 cm³/mol. The zero-order chi connectivity index (χ0) is 19.8. The molecular weight excluding hydrogens is 368 g/mol. The van der Waals surface area contributed by atoms with Gasteiger partial charge < -0.3 is 10.6 Å². The number of benzene rings is 1. The largest absolute Gasteiger partial charge is 0.355 e. The average molecular weight is 385 g/mol. The van der Waals surface area contributed by atoms with Gasteiger partial charge in [-0.1, -0.05) is 12.1 Å². The summed E-state index contributed by atoms with van der Waals surface area (Å²) in [5.41, 5.74) is 0.985. The first-order valence-electron chi connectivity index (χ1n) is 8.78. The summed E-state index contributed by atoms with van der Waals surface area (Å²) >= 11 is 0. The van der Waals surface area contributed by atoms with E-state index in [0.717, 1.165) is 17.4 Å². The van der Waals surface area contributed by atoms with Crippen LogP contribution in [0.4, 0.5) is 14.5 Å². The van der Waals surface area contributed by atoms with Crippen molar-refractivity contribution in [2.24, 2.45) is 0 Å². The fraction of sp³-hybridized carbons (Fsp3) is 0.263. The molecule has 0 saturated heterocycles. The second kappa shape index (κ2) is 6.99. The van der Waals surface area contributed by atoms with Crippen molar-refractivity contribution in [1.82, 2.24) is 19.9 Å². The van der Waals surface area contributed by atoms with E-state index in [1.54, 1.807) is 24.3 Å². The van der Waals surface area contributed by atoms with Gasteiger partial charge in [-0.3, -0.25) is 9.59 Å². The lowest BCUT2D eigenvalue weighted by Crippen LogP contribution is -2.21. The Morgan fingerprint density at radius 3 is 2.61 bits per heavy atom. The van der Waals surface area contributed by atoms with Crippen LogP contribution in [0.5, 0.6) is 0 Å². The Labute approximate surface area is 158 Å². The van der Waals surface area contributed by atoms with Crippen LogP contribution >= 0.6 is 0 Å². The van der Waals surface area contributed by atoms with E-state index >= 15 is 0 Å². The van der Waals surface area contributed by atoms with Crippen LogP contribution in [-0.4, -0.2) is 33.5 Å². The van der Waals surface area contributed by atoms with E-state index in [2.05, 4.69) is 20.7 Å². The first kappa shape index (κ1) is 18.0. The maximum atomic E-state index is 13.5. The molecule has 0 spiro atoms. The van der Waals surface area contributed by atoms with Crippen molar-refractivity contribution in [1.29, 1.82) is 0 Å². The van der Waals surface area contributed by atoms with E-state index in [1.807, 2.05) is 0 Å². The lowest BCUT2D eigenvalue weighted by atomic mass is 10.1. The maximum absolute atomic E-state index is 13.5. The van der Waals surface area contributed by atoms with E-state index < -0.39 is 12.3 Å². The van der Waals surface area contributed by atoms with E-state index in [4.69, 9.17) is 0 Å². The Kier molecular flexibility index (Phi) is 4.50. The molecule has 1 aliphatic carbocycles. The van der Waals surface area contributed by atoms with Crippen LogP contribution in [0.2, 0.25) is 0 Å².